The summed E-state index contributed by atoms with van der Waals surface area (Å²) in [5, 5.41) is 3.19. The van der Waals surface area contributed by atoms with E-state index in [9.17, 15) is 0 Å². The van der Waals surface area contributed by atoms with Gasteiger partial charge in [0.25, 0.3) is 0 Å². The predicted octanol–water partition coefficient (Wildman–Crippen LogP) is 0.926. The maximum atomic E-state index is 5.68. The molecule has 5 nitrogen and oxygen atoms in total. The Bertz CT molecular complexity index is 318. The van der Waals surface area contributed by atoms with Crippen molar-refractivity contribution >= 4 is 17.1 Å². The highest BCUT2D eigenvalue weighted by molar-refractivity contribution is 5.69. The second-order valence-corrected chi connectivity index (χ2v) is 3.38. The number of benzene rings is 1. The van der Waals surface area contributed by atoms with Gasteiger partial charge in [0, 0.05) is 19.3 Å². The highest BCUT2D eigenvalue weighted by Crippen LogP contribution is 2.19. The zero-order valence-electron chi connectivity index (χ0n) is 9.53. The monoisotopic (exact) mass is 225 g/mol. The first kappa shape index (κ1) is 12.6. The van der Waals surface area contributed by atoms with Crippen molar-refractivity contribution in [3.8, 4) is 0 Å². The van der Waals surface area contributed by atoms with Crippen LogP contribution in [0, 0.1) is 0 Å². The molecule has 5 heteroatoms. The summed E-state index contributed by atoms with van der Waals surface area (Å²) >= 11 is 0. The summed E-state index contributed by atoms with van der Waals surface area (Å²) in [6.45, 7) is 2.59. The number of nitrogens with two attached hydrogens (primary N) is 2. The lowest BCUT2D eigenvalue weighted by atomic mass is 10.2. The van der Waals surface area contributed by atoms with Crippen molar-refractivity contribution in [2.24, 2.45) is 0 Å². The minimum absolute atomic E-state index is 0.588. The van der Waals surface area contributed by atoms with Crippen LogP contribution in [0.3, 0.4) is 0 Å². The van der Waals surface area contributed by atoms with Crippen molar-refractivity contribution in [3.05, 3.63) is 18.2 Å². The van der Waals surface area contributed by atoms with Crippen molar-refractivity contribution in [2.75, 3.05) is 50.3 Å². The first-order chi connectivity index (χ1) is 7.74. The fraction of sp³-hybridized carbons (Fsp3) is 0.455. The summed E-state index contributed by atoms with van der Waals surface area (Å²) in [7, 11) is 1.65. The summed E-state index contributed by atoms with van der Waals surface area (Å²) in [5.41, 5.74) is 13.4. The summed E-state index contributed by atoms with van der Waals surface area (Å²) in [6.07, 6.45) is 0. The van der Waals surface area contributed by atoms with E-state index in [0.717, 1.165) is 12.2 Å². The van der Waals surface area contributed by atoms with E-state index in [1.54, 1.807) is 13.2 Å². The van der Waals surface area contributed by atoms with Crippen molar-refractivity contribution in [1.82, 2.24) is 0 Å². The van der Waals surface area contributed by atoms with Crippen LogP contribution in [-0.4, -0.2) is 33.5 Å². The number of rotatable bonds is 7. The third-order valence-corrected chi connectivity index (χ3v) is 2.09. The lowest BCUT2D eigenvalue weighted by Crippen LogP contribution is -2.12. The lowest BCUT2D eigenvalue weighted by molar-refractivity contribution is 0.0759. The van der Waals surface area contributed by atoms with Gasteiger partial charge in [0.05, 0.1) is 31.2 Å². The molecule has 0 aliphatic heterocycles. The average molecular weight is 225 g/mol. The van der Waals surface area contributed by atoms with Gasteiger partial charge in [-0.1, -0.05) is 0 Å². The Hall–Kier alpha value is -1.46. The van der Waals surface area contributed by atoms with Crippen molar-refractivity contribution in [2.45, 2.75) is 0 Å². The minimum atomic E-state index is 0.588. The molecule has 0 heterocycles. The van der Waals surface area contributed by atoms with Crippen molar-refractivity contribution in [1.29, 1.82) is 0 Å². The Morgan fingerprint density at radius 3 is 2.62 bits per heavy atom. The van der Waals surface area contributed by atoms with Crippen molar-refractivity contribution in [3.63, 3.8) is 0 Å². The van der Waals surface area contributed by atoms with Gasteiger partial charge in [-0.15, -0.1) is 0 Å². The third-order valence-electron chi connectivity index (χ3n) is 2.09. The van der Waals surface area contributed by atoms with Crippen LogP contribution < -0.4 is 16.8 Å². The van der Waals surface area contributed by atoms with E-state index in [1.807, 2.05) is 12.1 Å². The van der Waals surface area contributed by atoms with Crippen molar-refractivity contribution < 1.29 is 9.47 Å². The molecule has 90 valence electrons. The smallest absolute Gasteiger partial charge is 0.0701 e. The van der Waals surface area contributed by atoms with Gasteiger partial charge in [0.15, 0.2) is 0 Å². The predicted molar refractivity (Wildman–Crippen MR) is 66.5 cm³/mol. The van der Waals surface area contributed by atoms with Crippen LogP contribution in [0.4, 0.5) is 17.1 Å². The fourth-order valence-electron chi connectivity index (χ4n) is 1.20. The van der Waals surface area contributed by atoms with Crippen LogP contribution in [0.2, 0.25) is 0 Å². The van der Waals surface area contributed by atoms with E-state index in [-0.39, 0.29) is 0 Å². The topological polar surface area (TPSA) is 82.5 Å². The molecule has 0 spiro atoms. The second-order valence-electron chi connectivity index (χ2n) is 3.38. The van der Waals surface area contributed by atoms with E-state index in [1.165, 1.54) is 0 Å². The molecule has 0 saturated carbocycles. The SMILES string of the molecule is COCCOCCNc1ccc(N)c(N)c1. The van der Waals surface area contributed by atoms with Crippen LogP contribution in [0.25, 0.3) is 0 Å². The van der Waals surface area contributed by atoms with Gasteiger partial charge in [-0.2, -0.15) is 0 Å². The largest absolute Gasteiger partial charge is 0.397 e. The van der Waals surface area contributed by atoms with E-state index in [4.69, 9.17) is 20.9 Å². The molecule has 1 aromatic carbocycles. The van der Waals surface area contributed by atoms with Gasteiger partial charge in [-0.05, 0) is 18.2 Å². The highest BCUT2D eigenvalue weighted by atomic mass is 16.5. The molecular weight excluding hydrogens is 206 g/mol. The average Bonchev–Trinajstić information content (AvgIpc) is 2.28. The summed E-state index contributed by atoms with van der Waals surface area (Å²) < 4.78 is 10.2. The molecule has 0 aromatic heterocycles. The van der Waals surface area contributed by atoms with E-state index in [2.05, 4.69) is 5.32 Å². The Morgan fingerprint density at radius 2 is 1.94 bits per heavy atom. The maximum Gasteiger partial charge on any atom is 0.0701 e. The van der Waals surface area contributed by atoms with Gasteiger partial charge in [0.2, 0.25) is 0 Å². The maximum absolute atomic E-state index is 5.68. The zero-order chi connectivity index (χ0) is 11.8. The van der Waals surface area contributed by atoms with Crippen LogP contribution in [0.1, 0.15) is 0 Å². The Morgan fingerprint density at radius 1 is 1.12 bits per heavy atom. The number of anilines is 3. The molecule has 1 aromatic rings. The van der Waals surface area contributed by atoms with E-state index in [0.29, 0.717) is 31.2 Å². The van der Waals surface area contributed by atoms with Gasteiger partial charge in [-0.25, -0.2) is 0 Å². The van der Waals surface area contributed by atoms with Gasteiger partial charge >= 0.3 is 0 Å². The number of ether oxygens (including phenoxy) is 2. The molecule has 1 rings (SSSR count). The third kappa shape index (κ3) is 4.37. The molecular formula is C11H19N3O2. The molecule has 0 radical (unpaired) electrons. The number of methoxy groups -OCH3 is 1. The molecule has 0 bridgehead atoms. The van der Waals surface area contributed by atoms with E-state index < -0.39 is 0 Å². The van der Waals surface area contributed by atoms with Crippen LogP contribution >= 0.6 is 0 Å². The quantitative estimate of drug-likeness (QED) is 0.475. The van der Waals surface area contributed by atoms with Crippen LogP contribution in [-0.2, 0) is 9.47 Å². The standard InChI is InChI=1S/C11H19N3O2/c1-15-6-7-16-5-4-14-9-2-3-10(12)11(13)8-9/h2-3,8,14H,4-7,12-13H2,1H3. The van der Waals surface area contributed by atoms with Gasteiger partial charge < -0.3 is 26.3 Å². The van der Waals surface area contributed by atoms with Crippen LogP contribution in [0.5, 0.6) is 0 Å². The molecule has 0 aliphatic carbocycles. The Labute approximate surface area is 95.7 Å². The molecule has 0 fully saturated rings. The first-order valence-electron chi connectivity index (χ1n) is 5.19. The molecule has 0 atom stereocenters. The molecule has 16 heavy (non-hydrogen) atoms. The molecule has 0 saturated heterocycles. The Kier molecular flexibility index (Phi) is 5.45. The number of nitrogens with one attached hydrogen (secondary N) is 1. The first-order valence-corrected chi connectivity index (χ1v) is 5.19. The number of hydrogen-bond acceptors (Lipinski definition) is 5. The minimum Gasteiger partial charge on any atom is -0.397 e. The normalized spacial score (nSPS) is 10.3. The molecule has 0 aliphatic rings. The summed E-state index contributed by atoms with van der Waals surface area (Å²) in [5.74, 6) is 0. The Balaban J connectivity index is 2.19. The zero-order valence-corrected chi connectivity index (χ0v) is 9.53. The summed E-state index contributed by atoms with van der Waals surface area (Å²) in [4.78, 5) is 0. The fourth-order valence-corrected chi connectivity index (χ4v) is 1.20. The van der Waals surface area contributed by atoms with E-state index >= 15 is 0 Å². The van der Waals surface area contributed by atoms with Gasteiger partial charge in [0.1, 0.15) is 0 Å². The number of nitrogen functional groups attached to an aromatic ring is 2. The van der Waals surface area contributed by atoms with Crippen LogP contribution in [0.15, 0.2) is 18.2 Å². The van der Waals surface area contributed by atoms with Gasteiger partial charge in [-0.3, -0.25) is 0 Å². The lowest BCUT2D eigenvalue weighted by Gasteiger charge is -2.08. The second kappa shape index (κ2) is 6.92. The molecule has 0 unspecified atom stereocenters. The molecule has 0 amide bonds. The summed E-state index contributed by atoms with van der Waals surface area (Å²) in [6, 6.07) is 5.48. The number of hydrogen-bond donors (Lipinski definition) is 3. The molecule has 5 N–H and O–H groups in total. The highest BCUT2D eigenvalue weighted by Gasteiger charge is 1.96.